The number of aryl methyl sites for hydroxylation is 1. The number of carbonyl (C=O) groups excluding carboxylic acids is 1. The number of nitrogens with one attached hydrogen (secondary N) is 1. The molecule has 1 aromatic heterocycles. The van der Waals surface area contributed by atoms with E-state index in [1.54, 1.807) is 42.2 Å². The molecule has 0 atom stereocenters. The van der Waals surface area contributed by atoms with Crippen LogP contribution >= 0.6 is 23.2 Å². The molecule has 134 valence electrons. The first-order valence-electron chi connectivity index (χ1n) is 7.95. The molecule has 0 unspecified atom stereocenters. The summed E-state index contributed by atoms with van der Waals surface area (Å²) in [5.74, 6) is 0.491. The van der Waals surface area contributed by atoms with E-state index in [4.69, 9.17) is 27.9 Å². The van der Waals surface area contributed by atoms with E-state index < -0.39 is 0 Å². The van der Waals surface area contributed by atoms with Gasteiger partial charge in [-0.1, -0.05) is 41.4 Å². The van der Waals surface area contributed by atoms with E-state index in [1.165, 1.54) is 0 Å². The number of nitrogens with zero attached hydrogens (tertiary/aromatic N) is 2. The minimum absolute atomic E-state index is 0.188. The summed E-state index contributed by atoms with van der Waals surface area (Å²) in [4.78, 5) is 12.4. The minimum atomic E-state index is -0.188. The average Bonchev–Trinajstić information content (AvgIpc) is 2.96. The predicted molar refractivity (Wildman–Crippen MR) is 102 cm³/mol. The molecule has 1 N–H and O–H groups in total. The molecule has 0 aliphatic heterocycles. The highest BCUT2D eigenvalue weighted by molar-refractivity contribution is 6.31. The van der Waals surface area contributed by atoms with Crippen molar-refractivity contribution in [2.75, 3.05) is 0 Å². The number of hydrogen-bond acceptors (Lipinski definition) is 3. The summed E-state index contributed by atoms with van der Waals surface area (Å²) in [5.41, 5.74) is 2.19. The van der Waals surface area contributed by atoms with Crippen molar-refractivity contribution in [3.63, 3.8) is 0 Å². The lowest BCUT2D eigenvalue weighted by Gasteiger charge is -2.09. The molecule has 0 bridgehead atoms. The van der Waals surface area contributed by atoms with E-state index in [1.807, 2.05) is 24.3 Å². The van der Waals surface area contributed by atoms with Gasteiger partial charge in [-0.05, 0) is 35.9 Å². The number of aromatic nitrogens is 2. The van der Waals surface area contributed by atoms with Gasteiger partial charge in [0.1, 0.15) is 12.4 Å². The van der Waals surface area contributed by atoms with Crippen LogP contribution in [0.1, 0.15) is 21.6 Å². The van der Waals surface area contributed by atoms with Crippen molar-refractivity contribution in [1.29, 1.82) is 0 Å². The van der Waals surface area contributed by atoms with E-state index >= 15 is 0 Å². The van der Waals surface area contributed by atoms with Crippen LogP contribution in [0.2, 0.25) is 10.0 Å². The number of benzene rings is 2. The van der Waals surface area contributed by atoms with Gasteiger partial charge in [0.25, 0.3) is 5.91 Å². The Balaban J connectivity index is 1.62. The summed E-state index contributed by atoms with van der Waals surface area (Å²) in [6, 6.07) is 14.5. The molecular weight excluding hydrogens is 373 g/mol. The van der Waals surface area contributed by atoms with Crippen molar-refractivity contribution < 1.29 is 9.53 Å². The van der Waals surface area contributed by atoms with Gasteiger partial charge in [-0.25, -0.2) is 0 Å². The van der Waals surface area contributed by atoms with Gasteiger partial charge in [0, 0.05) is 17.6 Å². The summed E-state index contributed by atoms with van der Waals surface area (Å²) < 4.78 is 7.35. The van der Waals surface area contributed by atoms with Gasteiger partial charge in [0.05, 0.1) is 23.5 Å². The van der Waals surface area contributed by atoms with Gasteiger partial charge >= 0.3 is 0 Å². The average molecular weight is 390 g/mol. The Kier molecular flexibility index (Phi) is 5.81. The maximum atomic E-state index is 12.4. The molecule has 0 aliphatic carbocycles. The smallest absolute Gasteiger partial charge is 0.251 e. The van der Waals surface area contributed by atoms with Crippen LogP contribution < -0.4 is 10.1 Å². The van der Waals surface area contributed by atoms with Crippen LogP contribution in [0.3, 0.4) is 0 Å². The van der Waals surface area contributed by atoms with Crippen LogP contribution in [0.4, 0.5) is 0 Å². The maximum absolute atomic E-state index is 12.4. The Morgan fingerprint density at radius 1 is 1.19 bits per heavy atom. The molecule has 0 saturated carbocycles. The monoisotopic (exact) mass is 389 g/mol. The highest BCUT2D eigenvalue weighted by atomic mass is 35.5. The van der Waals surface area contributed by atoms with E-state index in [9.17, 15) is 4.79 Å². The lowest BCUT2D eigenvalue weighted by Crippen LogP contribution is -2.24. The van der Waals surface area contributed by atoms with Gasteiger partial charge in [-0.15, -0.1) is 0 Å². The second-order valence-corrected chi connectivity index (χ2v) is 6.54. The summed E-state index contributed by atoms with van der Waals surface area (Å²) >= 11 is 12.0. The molecule has 1 heterocycles. The van der Waals surface area contributed by atoms with E-state index in [2.05, 4.69) is 10.4 Å². The van der Waals surface area contributed by atoms with Crippen molar-refractivity contribution in [2.45, 2.75) is 13.2 Å². The predicted octanol–water partition coefficient (Wildman–Crippen LogP) is 4.24. The van der Waals surface area contributed by atoms with Gasteiger partial charge in [0.2, 0.25) is 0 Å². The van der Waals surface area contributed by atoms with Crippen LogP contribution in [0.5, 0.6) is 5.75 Å². The fraction of sp³-hybridized carbons (Fsp3) is 0.158. The van der Waals surface area contributed by atoms with Gasteiger partial charge in [-0.3, -0.25) is 9.48 Å². The van der Waals surface area contributed by atoms with Crippen LogP contribution in [-0.4, -0.2) is 15.7 Å². The quantitative estimate of drug-likeness (QED) is 0.685. The maximum Gasteiger partial charge on any atom is 0.251 e. The Morgan fingerprint density at radius 3 is 2.73 bits per heavy atom. The molecule has 0 saturated heterocycles. The SMILES string of the molecule is Cn1ncc(Cl)c1CNC(=O)c1cccc(COc2cccc(Cl)c2)c1. The molecule has 5 nitrogen and oxygen atoms in total. The highest BCUT2D eigenvalue weighted by Crippen LogP contribution is 2.19. The molecule has 0 spiro atoms. The first kappa shape index (κ1) is 18.3. The fourth-order valence-electron chi connectivity index (χ4n) is 2.43. The molecule has 0 radical (unpaired) electrons. The first-order valence-corrected chi connectivity index (χ1v) is 8.70. The van der Waals surface area contributed by atoms with E-state index in [-0.39, 0.29) is 5.91 Å². The van der Waals surface area contributed by atoms with E-state index in [0.29, 0.717) is 34.5 Å². The lowest BCUT2D eigenvalue weighted by molar-refractivity contribution is 0.0950. The summed E-state index contributed by atoms with van der Waals surface area (Å²) in [7, 11) is 1.78. The molecule has 7 heteroatoms. The van der Waals surface area contributed by atoms with Gasteiger partial charge < -0.3 is 10.1 Å². The molecule has 2 aromatic carbocycles. The van der Waals surface area contributed by atoms with E-state index in [0.717, 1.165) is 11.3 Å². The van der Waals surface area contributed by atoms with Crippen LogP contribution in [-0.2, 0) is 20.2 Å². The van der Waals surface area contributed by atoms with Crippen LogP contribution in [0.25, 0.3) is 0 Å². The largest absolute Gasteiger partial charge is 0.489 e. The zero-order chi connectivity index (χ0) is 18.5. The van der Waals surface area contributed by atoms with Crippen LogP contribution in [0, 0.1) is 0 Å². The molecule has 0 aliphatic rings. The second kappa shape index (κ2) is 8.25. The summed E-state index contributed by atoms with van der Waals surface area (Å²) in [5, 5.41) is 8.04. The van der Waals surface area contributed by atoms with Crippen molar-refractivity contribution in [2.24, 2.45) is 7.05 Å². The molecule has 26 heavy (non-hydrogen) atoms. The minimum Gasteiger partial charge on any atom is -0.489 e. The highest BCUT2D eigenvalue weighted by Gasteiger charge is 2.10. The normalized spacial score (nSPS) is 10.6. The lowest BCUT2D eigenvalue weighted by atomic mass is 10.1. The number of ether oxygens (including phenoxy) is 1. The number of rotatable bonds is 6. The number of amides is 1. The molecule has 3 rings (SSSR count). The summed E-state index contributed by atoms with van der Waals surface area (Å²) in [6.07, 6.45) is 1.55. The number of hydrogen-bond donors (Lipinski definition) is 1. The van der Waals surface area contributed by atoms with Crippen molar-refractivity contribution in [1.82, 2.24) is 15.1 Å². The number of halogens is 2. The Morgan fingerprint density at radius 2 is 2.00 bits per heavy atom. The third-order valence-corrected chi connectivity index (χ3v) is 4.37. The van der Waals surface area contributed by atoms with Gasteiger partial charge in [0.15, 0.2) is 0 Å². The van der Waals surface area contributed by atoms with Crippen LogP contribution in [0.15, 0.2) is 54.7 Å². The Hall–Kier alpha value is -2.50. The zero-order valence-corrected chi connectivity index (χ0v) is 15.6. The Labute approximate surface area is 161 Å². The summed E-state index contributed by atoms with van der Waals surface area (Å²) in [6.45, 7) is 0.645. The third kappa shape index (κ3) is 4.56. The second-order valence-electron chi connectivity index (χ2n) is 5.69. The molecule has 3 aromatic rings. The molecular formula is C19H17Cl2N3O2. The standard InChI is InChI=1S/C19H17Cl2N3O2/c1-24-18(17(21)10-23-24)11-22-19(25)14-5-2-4-13(8-14)12-26-16-7-3-6-15(20)9-16/h2-10H,11-12H2,1H3,(H,22,25). The number of carbonyl (C=O) groups is 1. The van der Waals surface area contributed by atoms with Gasteiger partial charge in [-0.2, -0.15) is 5.10 Å². The molecule has 0 fully saturated rings. The Bertz CT molecular complexity index is 905. The van der Waals surface area contributed by atoms with Crippen molar-refractivity contribution >= 4 is 29.1 Å². The fourth-order valence-corrected chi connectivity index (χ4v) is 2.84. The molecule has 1 amide bonds. The zero-order valence-electron chi connectivity index (χ0n) is 14.1. The van der Waals surface area contributed by atoms with Crippen molar-refractivity contribution in [3.8, 4) is 5.75 Å². The third-order valence-electron chi connectivity index (χ3n) is 3.82. The topological polar surface area (TPSA) is 56.2 Å². The first-order chi connectivity index (χ1) is 12.5. The van der Waals surface area contributed by atoms with Crippen molar-refractivity contribution in [3.05, 3.63) is 81.6 Å².